The molecule has 0 aliphatic heterocycles. The molecule has 3 N–H and O–H groups in total. The summed E-state index contributed by atoms with van der Waals surface area (Å²) in [5.41, 5.74) is 2.36. The number of nitrogens with zero attached hydrogens (tertiary/aromatic N) is 3. The molecule has 3 aromatic rings. The second-order valence-electron chi connectivity index (χ2n) is 5.78. The van der Waals surface area contributed by atoms with Crippen LogP contribution in [0.1, 0.15) is 17.7 Å². The molecule has 3 rings (SSSR count). The zero-order valence-electron chi connectivity index (χ0n) is 14.7. The highest BCUT2D eigenvalue weighted by molar-refractivity contribution is 9.10. The first-order valence-electron chi connectivity index (χ1n) is 8.28. The monoisotopic (exact) mass is 465 g/mol. The molecule has 0 bridgehead atoms. The first-order valence-corrected chi connectivity index (χ1v) is 9.07. The molecule has 0 saturated carbocycles. The largest absolute Gasteiger partial charge is 0.306 e. The summed E-state index contributed by atoms with van der Waals surface area (Å²) in [4.78, 5) is 16.1. The lowest BCUT2D eigenvalue weighted by atomic mass is 10.1. The average Bonchev–Trinajstić information content (AvgIpc) is 3.16. The van der Waals surface area contributed by atoms with Crippen molar-refractivity contribution in [2.45, 2.75) is 12.8 Å². The number of aliphatic imine (C=N–C) groups is 1. The molecule has 0 unspecified atom stereocenters. The van der Waals surface area contributed by atoms with Gasteiger partial charge in [-0.15, -0.1) is 0 Å². The SMILES string of the molecule is O=C(CCc1ccc(F)cc1)Nc1nonc1C(=Nc1cccc(Br)c1F)NO. The minimum absolute atomic E-state index is 0.0806. The standard InChI is InChI=1S/C18H14BrF2N5O3/c19-12-2-1-3-13(15(12)21)22-17(24-28)16-18(26-29-25-16)23-14(27)9-6-10-4-7-11(20)8-5-10/h1-5,7-8,28H,6,9H2,(H,22,24)(H,23,26,27). The fourth-order valence-electron chi connectivity index (χ4n) is 2.36. The van der Waals surface area contributed by atoms with Gasteiger partial charge in [0.25, 0.3) is 0 Å². The Bertz CT molecular complexity index is 1040. The Morgan fingerprint density at radius 1 is 1.17 bits per heavy atom. The van der Waals surface area contributed by atoms with E-state index in [1.165, 1.54) is 24.3 Å². The van der Waals surface area contributed by atoms with E-state index in [-0.39, 0.29) is 39.7 Å². The third kappa shape index (κ3) is 5.21. The number of halogens is 3. The Kier molecular flexibility index (Phi) is 6.62. The van der Waals surface area contributed by atoms with Crippen LogP contribution in [0.3, 0.4) is 0 Å². The first-order chi connectivity index (χ1) is 14.0. The van der Waals surface area contributed by atoms with Crippen LogP contribution >= 0.6 is 15.9 Å². The van der Waals surface area contributed by atoms with Crippen molar-refractivity contribution in [3.8, 4) is 0 Å². The van der Waals surface area contributed by atoms with E-state index in [9.17, 15) is 18.8 Å². The maximum absolute atomic E-state index is 14.1. The lowest BCUT2D eigenvalue weighted by molar-refractivity contribution is -0.116. The van der Waals surface area contributed by atoms with Crippen LogP contribution in [0, 0.1) is 11.6 Å². The molecule has 1 heterocycles. The Balaban J connectivity index is 1.73. The van der Waals surface area contributed by atoms with Gasteiger partial charge in [0.2, 0.25) is 11.7 Å². The van der Waals surface area contributed by atoms with Crippen LogP contribution in [0.25, 0.3) is 0 Å². The zero-order valence-corrected chi connectivity index (χ0v) is 16.3. The second kappa shape index (κ2) is 9.34. The molecule has 0 aliphatic rings. The van der Waals surface area contributed by atoms with E-state index in [2.05, 4.69) is 41.2 Å². The van der Waals surface area contributed by atoms with E-state index in [1.807, 2.05) is 0 Å². The number of hydrogen-bond donors (Lipinski definition) is 3. The van der Waals surface area contributed by atoms with Crippen LogP contribution in [0.4, 0.5) is 20.3 Å². The van der Waals surface area contributed by atoms with Crippen LogP contribution in [0.2, 0.25) is 0 Å². The Labute approximate surface area is 171 Å². The smallest absolute Gasteiger partial charge is 0.226 e. The number of hydrogen-bond acceptors (Lipinski definition) is 6. The topological polar surface area (TPSA) is 113 Å². The number of amides is 1. The molecule has 0 atom stereocenters. The summed E-state index contributed by atoms with van der Waals surface area (Å²) in [5, 5.41) is 19.0. The summed E-state index contributed by atoms with van der Waals surface area (Å²) in [6.45, 7) is 0. The van der Waals surface area contributed by atoms with Crippen molar-refractivity contribution in [1.82, 2.24) is 15.8 Å². The lowest BCUT2D eigenvalue weighted by Crippen LogP contribution is -2.23. The van der Waals surface area contributed by atoms with E-state index in [0.717, 1.165) is 5.56 Å². The molecule has 0 radical (unpaired) electrons. The summed E-state index contributed by atoms with van der Waals surface area (Å²) >= 11 is 3.04. The molecule has 29 heavy (non-hydrogen) atoms. The summed E-state index contributed by atoms with van der Waals surface area (Å²) in [5.74, 6) is -1.82. The number of aromatic nitrogens is 2. The van der Waals surface area contributed by atoms with E-state index in [0.29, 0.717) is 6.42 Å². The van der Waals surface area contributed by atoms with Crippen molar-refractivity contribution in [2.24, 2.45) is 4.99 Å². The number of aryl methyl sites for hydroxylation is 1. The summed E-state index contributed by atoms with van der Waals surface area (Å²) < 4.78 is 31.8. The second-order valence-corrected chi connectivity index (χ2v) is 6.64. The Hall–Kier alpha value is -3.18. The highest BCUT2D eigenvalue weighted by atomic mass is 79.9. The Morgan fingerprint density at radius 3 is 2.66 bits per heavy atom. The van der Waals surface area contributed by atoms with Crippen molar-refractivity contribution in [3.05, 3.63) is 69.8 Å². The molecule has 11 heteroatoms. The normalized spacial score (nSPS) is 11.4. The number of hydroxylamine groups is 1. The van der Waals surface area contributed by atoms with Crippen LogP contribution in [-0.4, -0.2) is 27.3 Å². The predicted octanol–water partition coefficient (Wildman–Crippen LogP) is 3.74. The van der Waals surface area contributed by atoms with Gasteiger partial charge in [-0.2, -0.15) is 0 Å². The third-order valence-electron chi connectivity index (χ3n) is 3.79. The molecule has 1 aromatic heterocycles. The highest BCUT2D eigenvalue weighted by Gasteiger charge is 2.19. The van der Waals surface area contributed by atoms with E-state index in [4.69, 9.17) is 0 Å². The van der Waals surface area contributed by atoms with Gasteiger partial charge in [0.1, 0.15) is 11.5 Å². The van der Waals surface area contributed by atoms with Crippen LogP contribution in [-0.2, 0) is 11.2 Å². The third-order valence-corrected chi connectivity index (χ3v) is 4.41. The summed E-state index contributed by atoms with van der Waals surface area (Å²) in [6, 6.07) is 10.2. The first kappa shape index (κ1) is 20.6. The average molecular weight is 466 g/mol. The summed E-state index contributed by atoms with van der Waals surface area (Å²) in [6.07, 6.45) is 0.451. The minimum atomic E-state index is -0.651. The maximum atomic E-state index is 14.1. The number of benzene rings is 2. The van der Waals surface area contributed by atoms with Gasteiger partial charge in [-0.25, -0.2) is 18.4 Å². The van der Waals surface area contributed by atoms with Crippen molar-refractivity contribution >= 4 is 39.2 Å². The maximum Gasteiger partial charge on any atom is 0.226 e. The van der Waals surface area contributed by atoms with Crippen LogP contribution in [0.5, 0.6) is 0 Å². The van der Waals surface area contributed by atoms with Gasteiger partial charge in [0, 0.05) is 6.42 Å². The number of anilines is 1. The quantitative estimate of drug-likeness (QED) is 0.290. The minimum Gasteiger partial charge on any atom is -0.306 e. The van der Waals surface area contributed by atoms with Gasteiger partial charge in [-0.1, -0.05) is 18.2 Å². The van der Waals surface area contributed by atoms with E-state index < -0.39 is 11.7 Å². The van der Waals surface area contributed by atoms with Crippen molar-refractivity contribution in [3.63, 3.8) is 0 Å². The number of carbonyl (C=O) groups is 1. The van der Waals surface area contributed by atoms with Gasteiger partial charge in [0.15, 0.2) is 17.3 Å². The molecule has 0 saturated heterocycles. The molecule has 0 aliphatic carbocycles. The van der Waals surface area contributed by atoms with Gasteiger partial charge in [0.05, 0.1) is 4.47 Å². The fourth-order valence-corrected chi connectivity index (χ4v) is 2.72. The van der Waals surface area contributed by atoms with Gasteiger partial charge < -0.3 is 5.32 Å². The molecule has 0 spiro atoms. The molecule has 2 aromatic carbocycles. The van der Waals surface area contributed by atoms with E-state index >= 15 is 0 Å². The van der Waals surface area contributed by atoms with Gasteiger partial charge >= 0.3 is 0 Å². The molecular formula is C18H14BrF2N5O3. The van der Waals surface area contributed by atoms with Gasteiger partial charge in [-0.3, -0.25) is 15.5 Å². The highest BCUT2D eigenvalue weighted by Crippen LogP contribution is 2.26. The lowest BCUT2D eigenvalue weighted by Gasteiger charge is -2.06. The van der Waals surface area contributed by atoms with Gasteiger partial charge in [-0.05, 0) is 62.5 Å². The number of nitrogens with one attached hydrogen (secondary N) is 2. The number of carbonyl (C=O) groups excluding carboxylic acids is 1. The van der Waals surface area contributed by atoms with Crippen LogP contribution in [0.15, 0.2) is 56.6 Å². The molecule has 0 fully saturated rings. The fraction of sp³-hybridized carbons (Fsp3) is 0.111. The van der Waals surface area contributed by atoms with Crippen molar-refractivity contribution in [1.29, 1.82) is 0 Å². The van der Waals surface area contributed by atoms with Crippen LogP contribution < -0.4 is 10.8 Å². The number of rotatable bonds is 6. The predicted molar refractivity (Wildman–Crippen MR) is 103 cm³/mol. The molecule has 1 amide bonds. The molecule has 150 valence electrons. The van der Waals surface area contributed by atoms with E-state index in [1.54, 1.807) is 23.7 Å². The van der Waals surface area contributed by atoms with Crippen molar-refractivity contribution in [2.75, 3.05) is 5.32 Å². The summed E-state index contributed by atoms with van der Waals surface area (Å²) in [7, 11) is 0. The number of amidine groups is 1. The molecule has 8 nitrogen and oxygen atoms in total. The Morgan fingerprint density at radius 2 is 1.93 bits per heavy atom. The van der Waals surface area contributed by atoms with Crippen molar-refractivity contribution < 1.29 is 23.4 Å². The molecular weight excluding hydrogens is 452 g/mol. The zero-order chi connectivity index (χ0) is 20.8.